The Bertz CT molecular complexity index is 871. The normalized spacial score (nSPS) is 26.8. The molecule has 1 aliphatic carbocycles. The molecule has 2 aliphatic rings. The summed E-state index contributed by atoms with van der Waals surface area (Å²) in [6.07, 6.45) is 7.49. The lowest BCUT2D eigenvalue weighted by atomic mass is 9.69. The molecule has 1 fully saturated rings. The molecule has 186 valence electrons. The summed E-state index contributed by atoms with van der Waals surface area (Å²) in [7, 11) is 0. The van der Waals surface area contributed by atoms with Gasteiger partial charge in [0.25, 0.3) is 0 Å². The fourth-order valence-electron chi connectivity index (χ4n) is 5.45. The lowest BCUT2D eigenvalue weighted by Crippen LogP contribution is -2.49. The monoisotopic (exact) mass is 470 g/mol. The summed E-state index contributed by atoms with van der Waals surface area (Å²) >= 11 is 0. The first-order chi connectivity index (χ1) is 16.5. The van der Waals surface area contributed by atoms with E-state index < -0.39 is 35.8 Å². The molecule has 0 saturated carbocycles. The van der Waals surface area contributed by atoms with Gasteiger partial charge in [0, 0.05) is 12.5 Å². The number of benzene rings is 1. The number of likely N-dealkylation sites (tertiary alicyclic amines) is 1. The molecule has 6 atom stereocenters. The van der Waals surface area contributed by atoms with Gasteiger partial charge in [0.05, 0.1) is 31.1 Å². The minimum absolute atomic E-state index is 0.137. The highest BCUT2D eigenvalue weighted by atomic mass is 16.5. The summed E-state index contributed by atoms with van der Waals surface area (Å²) < 4.78 is 5.37. The number of carbonyl (C=O) groups excluding carboxylic acids is 3. The predicted octanol–water partition coefficient (Wildman–Crippen LogP) is 3.24. The van der Waals surface area contributed by atoms with Crippen LogP contribution in [0.2, 0.25) is 0 Å². The first kappa shape index (κ1) is 25.9. The van der Waals surface area contributed by atoms with E-state index in [0.29, 0.717) is 13.0 Å². The molecule has 2 amide bonds. The highest BCUT2D eigenvalue weighted by Gasteiger charge is 2.58. The molecule has 1 aromatic rings. The Morgan fingerprint density at radius 1 is 1.12 bits per heavy atom. The summed E-state index contributed by atoms with van der Waals surface area (Å²) in [6.45, 7) is 6.27. The van der Waals surface area contributed by atoms with Crippen LogP contribution in [-0.2, 0) is 19.1 Å². The van der Waals surface area contributed by atoms with Gasteiger partial charge in [0.2, 0.25) is 11.8 Å². The zero-order chi connectivity index (χ0) is 24.7. The topological polar surface area (TPSA) is 95.9 Å². The second kappa shape index (κ2) is 12.2. The number of aliphatic hydroxyl groups is 1. The first-order valence-electron chi connectivity index (χ1n) is 12.6. The predicted molar refractivity (Wildman–Crippen MR) is 129 cm³/mol. The van der Waals surface area contributed by atoms with E-state index in [1.165, 1.54) is 4.90 Å². The number of allylic oxidation sites excluding steroid dienone is 1. The van der Waals surface area contributed by atoms with Crippen LogP contribution in [0.3, 0.4) is 0 Å². The number of aliphatic hydroxyl groups excluding tert-OH is 1. The van der Waals surface area contributed by atoms with Crippen LogP contribution in [0.4, 0.5) is 0 Å². The molecule has 34 heavy (non-hydrogen) atoms. The fourth-order valence-corrected chi connectivity index (χ4v) is 5.45. The Morgan fingerprint density at radius 3 is 2.47 bits per heavy atom. The third-order valence-corrected chi connectivity index (χ3v) is 7.12. The zero-order valence-corrected chi connectivity index (χ0v) is 20.5. The summed E-state index contributed by atoms with van der Waals surface area (Å²) in [5.41, 5.74) is 0.754. The second-order valence-electron chi connectivity index (χ2n) is 9.14. The standard InChI is InChI=1S/C27H38N2O5/c1-4-7-11-16-28-25(31)24-20-15-14-18(5-2)22(27(33)34-6-3)23(20)26(32)29(24)21(17-30)19-12-9-8-10-13-19/h8-10,12-15,18,20-24,30H,4-7,11,16-17H2,1-3H3,(H,28,31)/t18-,20+,21-,22-,23+,24+/m1/s1. The van der Waals surface area contributed by atoms with Crippen LogP contribution in [0.25, 0.3) is 0 Å². The smallest absolute Gasteiger partial charge is 0.310 e. The third-order valence-electron chi connectivity index (χ3n) is 7.12. The first-order valence-corrected chi connectivity index (χ1v) is 12.6. The van der Waals surface area contributed by atoms with Crippen LogP contribution in [0.5, 0.6) is 0 Å². The van der Waals surface area contributed by atoms with Gasteiger partial charge in [0.15, 0.2) is 0 Å². The van der Waals surface area contributed by atoms with Gasteiger partial charge in [0.1, 0.15) is 6.04 Å². The molecule has 0 radical (unpaired) electrons. The maximum absolute atomic E-state index is 14.0. The quantitative estimate of drug-likeness (QED) is 0.294. The molecule has 7 nitrogen and oxygen atoms in total. The maximum atomic E-state index is 14.0. The van der Waals surface area contributed by atoms with E-state index in [-0.39, 0.29) is 30.9 Å². The number of unbranched alkanes of at least 4 members (excludes halogenated alkanes) is 2. The van der Waals surface area contributed by atoms with E-state index in [2.05, 4.69) is 12.2 Å². The van der Waals surface area contributed by atoms with Crippen LogP contribution in [0, 0.1) is 23.7 Å². The summed E-state index contributed by atoms with van der Waals surface area (Å²) in [4.78, 5) is 42.0. The molecule has 1 saturated heterocycles. The lowest BCUT2D eigenvalue weighted by molar-refractivity contribution is -0.156. The van der Waals surface area contributed by atoms with Crippen molar-refractivity contribution in [2.24, 2.45) is 23.7 Å². The molecule has 0 unspecified atom stereocenters. The van der Waals surface area contributed by atoms with Crippen molar-refractivity contribution in [2.45, 2.75) is 58.5 Å². The molecule has 1 aliphatic heterocycles. The van der Waals surface area contributed by atoms with E-state index in [4.69, 9.17) is 4.74 Å². The Kier molecular flexibility index (Phi) is 9.28. The number of hydrogen-bond acceptors (Lipinski definition) is 5. The zero-order valence-electron chi connectivity index (χ0n) is 20.5. The largest absolute Gasteiger partial charge is 0.466 e. The van der Waals surface area contributed by atoms with Crippen molar-refractivity contribution >= 4 is 17.8 Å². The summed E-state index contributed by atoms with van der Waals surface area (Å²) in [6, 6.07) is 7.77. The van der Waals surface area contributed by atoms with E-state index >= 15 is 0 Å². The number of fused-ring (bicyclic) bond motifs is 1. The number of nitrogens with one attached hydrogen (secondary N) is 1. The minimum Gasteiger partial charge on any atom is -0.466 e. The molecule has 1 aromatic carbocycles. The Labute approximate surface area is 202 Å². The molecule has 3 rings (SSSR count). The number of carbonyl (C=O) groups is 3. The molecular formula is C27H38N2O5. The average molecular weight is 471 g/mol. The third kappa shape index (κ3) is 5.19. The second-order valence-corrected chi connectivity index (χ2v) is 9.14. The minimum atomic E-state index is -0.803. The van der Waals surface area contributed by atoms with Crippen molar-refractivity contribution in [1.82, 2.24) is 10.2 Å². The van der Waals surface area contributed by atoms with Crippen molar-refractivity contribution in [1.29, 1.82) is 0 Å². The maximum Gasteiger partial charge on any atom is 0.310 e. The number of nitrogens with zero attached hydrogens (tertiary/aromatic N) is 1. The number of ether oxygens (including phenoxy) is 1. The lowest BCUT2D eigenvalue weighted by Gasteiger charge is -2.34. The molecule has 0 aromatic heterocycles. The molecule has 0 spiro atoms. The van der Waals surface area contributed by atoms with Crippen LogP contribution in [-0.4, -0.2) is 53.6 Å². The number of hydrogen-bond donors (Lipinski definition) is 2. The molecule has 7 heteroatoms. The summed E-state index contributed by atoms with van der Waals surface area (Å²) in [5, 5.41) is 13.4. The Hall–Kier alpha value is -2.67. The SMILES string of the molecule is CCCCCNC(=O)[C@@H]1[C@H]2C=C[C@@H](CC)[C@@H](C(=O)OCC)[C@H]2C(=O)N1[C@H](CO)c1ccccc1. The van der Waals surface area contributed by atoms with Crippen LogP contribution >= 0.6 is 0 Å². The number of amides is 2. The van der Waals surface area contributed by atoms with Crippen LogP contribution in [0.15, 0.2) is 42.5 Å². The molecule has 2 N–H and O–H groups in total. The summed E-state index contributed by atoms with van der Waals surface area (Å²) in [5.74, 6) is -2.86. The van der Waals surface area contributed by atoms with Crippen molar-refractivity contribution < 1.29 is 24.2 Å². The fraction of sp³-hybridized carbons (Fsp3) is 0.593. The highest BCUT2D eigenvalue weighted by Crippen LogP contribution is 2.47. The van der Waals surface area contributed by atoms with Crippen molar-refractivity contribution in [3.05, 3.63) is 48.0 Å². The molecular weight excluding hydrogens is 432 g/mol. The molecule has 0 bridgehead atoms. The van der Waals surface area contributed by atoms with E-state index in [9.17, 15) is 19.5 Å². The number of esters is 1. The van der Waals surface area contributed by atoms with Crippen LogP contribution < -0.4 is 5.32 Å². The average Bonchev–Trinajstić information content (AvgIpc) is 3.14. The van der Waals surface area contributed by atoms with Gasteiger partial charge in [-0.15, -0.1) is 0 Å². The van der Waals surface area contributed by atoms with Gasteiger partial charge in [-0.25, -0.2) is 0 Å². The van der Waals surface area contributed by atoms with Crippen LogP contribution in [0.1, 0.15) is 58.1 Å². The molecule has 1 heterocycles. The van der Waals surface area contributed by atoms with E-state index in [1.54, 1.807) is 6.92 Å². The Morgan fingerprint density at radius 2 is 1.85 bits per heavy atom. The van der Waals surface area contributed by atoms with Gasteiger partial charge >= 0.3 is 5.97 Å². The van der Waals surface area contributed by atoms with Gasteiger partial charge in [-0.2, -0.15) is 0 Å². The van der Waals surface area contributed by atoms with Gasteiger partial charge in [-0.3, -0.25) is 14.4 Å². The van der Waals surface area contributed by atoms with E-state index in [1.807, 2.05) is 49.4 Å². The highest BCUT2D eigenvalue weighted by molar-refractivity contribution is 5.96. The van der Waals surface area contributed by atoms with Crippen molar-refractivity contribution in [3.8, 4) is 0 Å². The number of rotatable bonds is 11. The van der Waals surface area contributed by atoms with Gasteiger partial charge in [-0.05, 0) is 31.2 Å². The Balaban J connectivity index is 2.02. The van der Waals surface area contributed by atoms with Gasteiger partial charge in [-0.1, -0.05) is 69.2 Å². The van der Waals surface area contributed by atoms with Gasteiger partial charge < -0.3 is 20.1 Å². The van der Waals surface area contributed by atoms with Crippen molar-refractivity contribution in [3.63, 3.8) is 0 Å². The van der Waals surface area contributed by atoms with Crippen molar-refractivity contribution in [2.75, 3.05) is 19.8 Å². The van der Waals surface area contributed by atoms with E-state index in [0.717, 1.165) is 24.8 Å².